The number of hydrogen-bond acceptors (Lipinski definition) is 5. The molecule has 0 fully saturated rings. The van der Waals surface area contributed by atoms with Crippen LogP contribution in [-0.4, -0.2) is 46.5 Å². The van der Waals surface area contributed by atoms with E-state index in [1.165, 1.54) is 11.3 Å². The van der Waals surface area contributed by atoms with Crippen molar-refractivity contribution in [1.29, 1.82) is 0 Å². The van der Waals surface area contributed by atoms with Crippen molar-refractivity contribution in [3.63, 3.8) is 0 Å². The topological polar surface area (TPSA) is 61.4 Å². The molecule has 0 bridgehead atoms. The van der Waals surface area contributed by atoms with Crippen molar-refractivity contribution < 1.29 is 8.42 Å². The minimum absolute atomic E-state index is 0.390. The van der Waals surface area contributed by atoms with Gasteiger partial charge in [0.05, 0.1) is 0 Å². The van der Waals surface area contributed by atoms with Crippen LogP contribution < -0.4 is 10.0 Å². The number of nitrogens with one attached hydrogen (secondary N) is 2. The molecule has 1 heterocycles. The molecule has 0 aliphatic carbocycles. The van der Waals surface area contributed by atoms with Gasteiger partial charge < -0.3 is 10.2 Å². The summed E-state index contributed by atoms with van der Waals surface area (Å²) in [5.74, 6) is 0. The molecule has 0 spiro atoms. The van der Waals surface area contributed by atoms with Gasteiger partial charge in [-0.25, -0.2) is 13.1 Å². The maximum absolute atomic E-state index is 12.1. The zero-order valence-electron chi connectivity index (χ0n) is 12.6. The Balaban J connectivity index is 2.51. The lowest BCUT2D eigenvalue weighted by atomic mass is 10.4. The van der Waals surface area contributed by atoms with Crippen LogP contribution in [0.2, 0.25) is 0 Å². The van der Waals surface area contributed by atoms with Crippen LogP contribution in [0.3, 0.4) is 0 Å². The maximum Gasteiger partial charge on any atom is 0.250 e. The Labute approximate surface area is 126 Å². The Morgan fingerprint density at radius 1 is 1.30 bits per heavy atom. The largest absolute Gasteiger partial charge is 0.310 e. The molecule has 5 nitrogen and oxygen atoms in total. The molecule has 0 radical (unpaired) electrons. The third-order valence-electron chi connectivity index (χ3n) is 2.66. The second-order valence-electron chi connectivity index (χ2n) is 5.31. The lowest BCUT2D eigenvalue weighted by molar-refractivity contribution is 0.400. The first-order valence-electron chi connectivity index (χ1n) is 6.78. The third kappa shape index (κ3) is 6.32. The van der Waals surface area contributed by atoms with E-state index in [1.807, 2.05) is 25.1 Å². The molecule has 116 valence electrons. The van der Waals surface area contributed by atoms with Crippen LogP contribution in [0.4, 0.5) is 0 Å². The highest BCUT2D eigenvalue weighted by molar-refractivity contribution is 7.91. The van der Waals surface area contributed by atoms with Gasteiger partial charge in [-0.2, -0.15) is 0 Å². The average Bonchev–Trinajstić information content (AvgIpc) is 2.81. The Morgan fingerprint density at radius 2 is 2.00 bits per heavy atom. The van der Waals surface area contributed by atoms with E-state index in [-0.39, 0.29) is 0 Å². The quantitative estimate of drug-likeness (QED) is 0.677. The normalized spacial score (nSPS) is 12.5. The molecule has 1 rings (SSSR count). The molecular formula is C13H25N3O2S2. The molecular weight excluding hydrogens is 294 g/mol. The zero-order chi connectivity index (χ0) is 15.2. The van der Waals surface area contributed by atoms with Gasteiger partial charge in [0, 0.05) is 24.0 Å². The fourth-order valence-electron chi connectivity index (χ4n) is 1.58. The van der Waals surface area contributed by atoms with Gasteiger partial charge in [-0.15, -0.1) is 11.3 Å². The van der Waals surface area contributed by atoms with Crippen LogP contribution in [0.25, 0.3) is 0 Å². The van der Waals surface area contributed by atoms with Gasteiger partial charge in [0.2, 0.25) is 10.0 Å². The van der Waals surface area contributed by atoms with Gasteiger partial charge in [0.25, 0.3) is 0 Å². The van der Waals surface area contributed by atoms with Crippen molar-refractivity contribution in [2.75, 3.05) is 27.2 Å². The Kier molecular flexibility index (Phi) is 7.11. The lowest BCUT2D eigenvalue weighted by Gasteiger charge is -2.09. The van der Waals surface area contributed by atoms with E-state index in [2.05, 4.69) is 23.9 Å². The van der Waals surface area contributed by atoms with Crippen molar-refractivity contribution >= 4 is 21.4 Å². The van der Waals surface area contributed by atoms with Gasteiger partial charge >= 0.3 is 0 Å². The predicted octanol–water partition coefficient (Wildman–Crippen LogP) is 1.48. The first-order valence-corrected chi connectivity index (χ1v) is 9.07. The van der Waals surface area contributed by atoms with E-state index in [0.717, 1.165) is 17.8 Å². The van der Waals surface area contributed by atoms with Crippen molar-refractivity contribution in [2.24, 2.45) is 0 Å². The first-order chi connectivity index (χ1) is 9.31. The highest BCUT2D eigenvalue weighted by Crippen LogP contribution is 2.21. The standard InChI is InChI=1S/C13H25N3O2S2/c1-11(2)14-10-12-6-7-13(19-12)20(17,18)15-8-5-9-16(3)4/h6-7,11,14-15H,5,8-10H2,1-4H3. The van der Waals surface area contributed by atoms with Crippen LogP contribution in [0.5, 0.6) is 0 Å². The molecule has 1 aromatic rings. The smallest absolute Gasteiger partial charge is 0.250 e. The van der Waals surface area contributed by atoms with E-state index >= 15 is 0 Å². The molecule has 0 unspecified atom stereocenters. The Hall–Kier alpha value is -0.470. The van der Waals surface area contributed by atoms with Crippen molar-refractivity contribution in [1.82, 2.24) is 14.9 Å². The molecule has 0 atom stereocenters. The van der Waals surface area contributed by atoms with Gasteiger partial charge in [0.1, 0.15) is 4.21 Å². The Bertz CT molecular complexity index is 495. The molecule has 0 aromatic carbocycles. The van der Waals surface area contributed by atoms with Gasteiger partial charge in [0.15, 0.2) is 0 Å². The van der Waals surface area contributed by atoms with Crippen LogP contribution in [-0.2, 0) is 16.6 Å². The molecule has 7 heteroatoms. The summed E-state index contributed by atoms with van der Waals surface area (Å²) in [6.45, 7) is 6.18. The van der Waals surface area contributed by atoms with Crippen molar-refractivity contribution in [3.05, 3.63) is 17.0 Å². The number of sulfonamides is 1. The van der Waals surface area contributed by atoms with Crippen LogP contribution in [0, 0.1) is 0 Å². The number of rotatable bonds is 9. The van der Waals surface area contributed by atoms with Crippen LogP contribution in [0.15, 0.2) is 16.3 Å². The van der Waals surface area contributed by atoms with E-state index < -0.39 is 10.0 Å². The van der Waals surface area contributed by atoms with Gasteiger partial charge in [-0.05, 0) is 39.2 Å². The molecule has 2 N–H and O–H groups in total. The monoisotopic (exact) mass is 319 g/mol. The zero-order valence-corrected chi connectivity index (χ0v) is 14.3. The van der Waals surface area contributed by atoms with Crippen LogP contribution >= 0.6 is 11.3 Å². The Morgan fingerprint density at radius 3 is 2.60 bits per heavy atom. The highest BCUT2D eigenvalue weighted by Gasteiger charge is 2.16. The molecule has 0 aliphatic rings. The molecule has 0 aliphatic heterocycles. The maximum atomic E-state index is 12.1. The van der Waals surface area contributed by atoms with E-state index in [9.17, 15) is 8.42 Å². The van der Waals surface area contributed by atoms with E-state index in [0.29, 0.717) is 23.3 Å². The molecule has 0 saturated heterocycles. The summed E-state index contributed by atoms with van der Waals surface area (Å²) < 4.78 is 27.2. The fraction of sp³-hybridized carbons (Fsp3) is 0.692. The molecule has 0 amide bonds. The summed E-state index contributed by atoms with van der Waals surface area (Å²) in [7, 11) is 0.594. The number of thiophene rings is 1. The first kappa shape index (κ1) is 17.6. The molecule has 20 heavy (non-hydrogen) atoms. The van der Waals surface area contributed by atoms with Gasteiger partial charge in [-0.1, -0.05) is 13.8 Å². The minimum atomic E-state index is -3.35. The number of nitrogens with zero attached hydrogens (tertiary/aromatic N) is 1. The summed E-state index contributed by atoms with van der Waals surface area (Å²) in [4.78, 5) is 3.07. The summed E-state index contributed by atoms with van der Waals surface area (Å²) in [6, 6.07) is 3.94. The average molecular weight is 319 g/mol. The fourth-order valence-corrected chi connectivity index (χ4v) is 4.00. The van der Waals surface area contributed by atoms with E-state index in [1.54, 1.807) is 6.07 Å². The van der Waals surface area contributed by atoms with E-state index in [4.69, 9.17) is 0 Å². The lowest BCUT2D eigenvalue weighted by Crippen LogP contribution is -2.26. The highest BCUT2D eigenvalue weighted by atomic mass is 32.2. The summed E-state index contributed by atoms with van der Waals surface area (Å²) in [5.41, 5.74) is 0. The minimum Gasteiger partial charge on any atom is -0.310 e. The second kappa shape index (κ2) is 8.09. The molecule has 1 aromatic heterocycles. The predicted molar refractivity (Wildman–Crippen MR) is 84.7 cm³/mol. The SMILES string of the molecule is CC(C)NCc1ccc(S(=O)(=O)NCCCN(C)C)s1. The second-order valence-corrected chi connectivity index (χ2v) is 8.47. The van der Waals surface area contributed by atoms with Gasteiger partial charge in [-0.3, -0.25) is 0 Å². The van der Waals surface area contributed by atoms with Crippen molar-refractivity contribution in [2.45, 2.75) is 37.1 Å². The summed E-state index contributed by atoms with van der Waals surface area (Å²) in [6.07, 6.45) is 0.805. The summed E-state index contributed by atoms with van der Waals surface area (Å²) in [5, 5.41) is 3.28. The summed E-state index contributed by atoms with van der Waals surface area (Å²) >= 11 is 1.32. The number of hydrogen-bond donors (Lipinski definition) is 2. The molecule has 0 saturated carbocycles. The van der Waals surface area contributed by atoms with Crippen molar-refractivity contribution in [3.8, 4) is 0 Å². The van der Waals surface area contributed by atoms with Crippen LogP contribution in [0.1, 0.15) is 25.1 Å². The third-order valence-corrected chi connectivity index (χ3v) is 5.70.